The molecule has 1 aliphatic rings. The fourth-order valence-electron chi connectivity index (χ4n) is 2.68. The Bertz CT molecular complexity index is 497. The maximum Gasteiger partial charge on any atom is 0.225 e. The normalized spacial score (nSPS) is 16.7. The average molecular weight is 305 g/mol. The molecule has 0 unspecified atom stereocenters. The van der Waals surface area contributed by atoms with Crippen LogP contribution in [0.5, 0.6) is 0 Å². The molecule has 0 atom stereocenters. The SMILES string of the molecule is Cc1ccc(NC(=O)CCN2CCN(CCO)CC2)cc1C. The van der Waals surface area contributed by atoms with Crippen molar-refractivity contribution in [2.45, 2.75) is 20.3 Å². The molecule has 5 nitrogen and oxygen atoms in total. The number of amides is 1. The van der Waals surface area contributed by atoms with Crippen LogP contribution in [0.15, 0.2) is 18.2 Å². The number of hydrogen-bond acceptors (Lipinski definition) is 4. The minimum Gasteiger partial charge on any atom is -0.395 e. The molecule has 122 valence electrons. The van der Waals surface area contributed by atoms with Gasteiger partial charge in [-0.1, -0.05) is 6.07 Å². The van der Waals surface area contributed by atoms with E-state index in [-0.39, 0.29) is 12.5 Å². The summed E-state index contributed by atoms with van der Waals surface area (Å²) >= 11 is 0. The maximum atomic E-state index is 12.0. The first-order valence-corrected chi connectivity index (χ1v) is 8.01. The zero-order valence-electron chi connectivity index (χ0n) is 13.6. The molecule has 5 heteroatoms. The number of benzene rings is 1. The third-order valence-electron chi connectivity index (χ3n) is 4.33. The van der Waals surface area contributed by atoms with E-state index in [1.165, 1.54) is 11.1 Å². The monoisotopic (exact) mass is 305 g/mol. The predicted molar refractivity (Wildman–Crippen MR) is 89.1 cm³/mol. The second-order valence-electron chi connectivity index (χ2n) is 6.00. The molecule has 1 heterocycles. The van der Waals surface area contributed by atoms with E-state index in [1.54, 1.807) is 0 Å². The number of anilines is 1. The van der Waals surface area contributed by atoms with Crippen LogP contribution in [0, 0.1) is 13.8 Å². The Morgan fingerprint density at radius 2 is 1.73 bits per heavy atom. The van der Waals surface area contributed by atoms with Crippen molar-refractivity contribution in [3.8, 4) is 0 Å². The van der Waals surface area contributed by atoms with Gasteiger partial charge in [-0.25, -0.2) is 0 Å². The number of nitrogens with one attached hydrogen (secondary N) is 1. The number of piperazine rings is 1. The molecule has 0 radical (unpaired) electrons. The van der Waals surface area contributed by atoms with Gasteiger partial charge in [-0.3, -0.25) is 9.69 Å². The number of hydrogen-bond donors (Lipinski definition) is 2. The summed E-state index contributed by atoms with van der Waals surface area (Å²) in [4.78, 5) is 16.6. The molecule has 0 spiro atoms. The highest BCUT2D eigenvalue weighted by atomic mass is 16.3. The van der Waals surface area contributed by atoms with Crippen molar-refractivity contribution >= 4 is 11.6 Å². The molecule has 1 aromatic rings. The molecule has 2 rings (SSSR count). The Morgan fingerprint density at radius 1 is 1.09 bits per heavy atom. The topological polar surface area (TPSA) is 55.8 Å². The van der Waals surface area contributed by atoms with E-state index in [0.717, 1.165) is 45.0 Å². The van der Waals surface area contributed by atoms with E-state index < -0.39 is 0 Å². The van der Waals surface area contributed by atoms with E-state index in [4.69, 9.17) is 5.11 Å². The zero-order valence-corrected chi connectivity index (χ0v) is 13.6. The average Bonchev–Trinajstić information content (AvgIpc) is 2.51. The lowest BCUT2D eigenvalue weighted by molar-refractivity contribution is -0.116. The number of β-amino-alcohol motifs (C(OH)–C–C–N with tert-alkyl or cyclic N) is 1. The number of aliphatic hydroxyl groups is 1. The minimum atomic E-state index is 0.0704. The maximum absolute atomic E-state index is 12.0. The summed E-state index contributed by atoms with van der Waals surface area (Å²) in [5, 5.41) is 11.9. The number of carbonyl (C=O) groups excluding carboxylic acids is 1. The number of nitrogens with zero attached hydrogens (tertiary/aromatic N) is 2. The molecule has 1 saturated heterocycles. The van der Waals surface area contributed by atoms with Gasteiger partial charge in [-0.05, 0) is 37.1 Å². The van der Waals surface area contributed by atoms with Crippen LogP contribution < -0.4 is 5.32 Å². The van der Waals surface area contributed by atoms with Crippen LogP contribution in [-0.2, 0) is 4.79 Å². The summed E-state index contributed by atoms with van der Waals surface area (Å²) in [6.07, 6.45) is 0.521. The number of aryl methyl sites for hydroxylation is 2. The summed E-state index contributed by atoms with van der Waals surface area (Å²) in [5.74, 6) is 0.0704. The summed E-state index contributed by atoms with van der Waals surface area (Å²) in [6.45, 7) is 9.77. The number of aliphatic hydroxyl groups excluding tert-OH is 1. The van der Waals surface area contributed by atoms with E-state index >= 15 is 0 Å². The Hall–Kier alpha value is -1.43. The number of rotatable bonds is 6. The Labute approximate surface area is 132 Å². The molecule has 2 N–H and O–H groups in total. The van der Waals surface area contributed by atoms with Crippen molar-refractivity contribution in [1.82, 2.24) is 9.80 Å². The number of carbonyl (C=O) groups is 1. The highest BCUT2D eigenvalue weighted by Crippen LogP contribution is 2.14. The molecule has 0 aromatic heterocycles. The van der Waals surface area contributed by atoms with Crippen LogP contribution >= 0.6 is 0 Å². The van der Waals surface area contributed by atoms with Crippen molar-refractivity contribution < 1.29 is 9.90 Å². The second kappa shape index (κ2) is 8.27. The molecule has 22 heavy (non-hydrogen) atoms. The van der Waals surface area contributed by atoms with Crippen molar-refractivity contribution in [3.05, 3.63) is 29.3 Å². The summed E-state index contributed by atoms with van der Waals surface area (Å²) in [5.41, 5.74) is 3.30. The molecule has 1 fully saturated rings. The highest BCUT2D eigenvalue weighted by Gasteiger charge is 2.16. The first kappa shape index (κ1) is 16.9. The molecule has 0 bridgehead atoms. The Balaban J connectivity index is 1.71. The van der Waals surface area contributed by atoms with Gasteiger partial charge in [0.2, 0.25) is 5.91 Å². The standard InChI is InChI=1S/C17H27N3O2/c1-14-3-4-16(13-15(14)2)18-17(22)5-6-19-7-9-20(10-8-19)11-12-21/h3-4,13,21H,5-12H2,1-2H3,(H,18,22). The molecule has 1 aromatic carbocycles. The van der Waals surface area contributed by atoms with Crippen LogP contribution in [0.3, 0.4) is 0 Å². The lowest BCUT2D eigenvalue weighted by Gasteiger charge is -2.34. The quantitative estimate of drug-likeness (QED) is 0.830. The molecular formula is C17H27N3O2. The predicted octanol–water partition coefficient (Wildman–Crippen LogP) is 1.24. The molecular weight excluding hydrogens is 278 g/mol. The van der Waals surface area contributed by atoms with E-state index in [1.807, 2.05) is 18.2 Å². The minimum absolute atomic E-state index is 0.0704. The van der Waals surface area contributed by atoms with Crippen molar-refractivity contribution in [2.24, 2.45) is 0 Å². The van der Waals surface area contributed by atoms with Gasteiger partial charge < -0.3 is 15.3 Å². The smallest absolute Gasteiger partial charge is 0.225 e. The van der Waals surface area contributed by atoms with Gasteiger partial charge in [0.05, 0.1) is 6.61 Å². The van der Waals surface area contributed by atoms with E-state index in [0.29, 0.717) is 6.42 Å². The lowest BCUT2D eigenvalue weighted by atomic mass is 10.1. The van der Waals surface area contributed by atoms with Gasteiger partial charge in [0.15, 0.2) is 0 Å². The zero-order chi connectivity index (χ0) is 15.9. The first-order chi connectivity index (χ1) is 10.6. The molecule has 1 aliphatic heterocycles. The fourth-order valence-corrected chi connectivity index (χ4v) is 2.68. The van der Waals surface area contributed by atoms with Gasteiger partial charge in [-0.2, -0.15) is 0 Å². The highest BCUT2D eigenvalue weighted by molar-refractivity contribution is 5.90. The second-order valence-corrected chi connectivity index (χ2v) is 6.00. The third kappa shape index (κ3) is 5.09. The van der Waals surface area contributed by atoms with Crippen LogP contribution in [0.4, 0.5) is 5.69 Å². The van der Waals surface area contributed by atoms with Crippen molar-refractivity contribution in [1.29, 1.82) is 0 Å². The van der Waals surface area contributed by atoms with Gasteiger partial charge >= 0.3 is 0 Å². The summed E-state index contributed by atoms with van der Waals surface area (Å²) < 4.78 is 0. The van der Waals surface area contributed by atoms with Crippen LogP contribution in [0.2, 0.25) is 0 Å². The van der Waals surface area contributed by atoms with Crippen molar-refractivity contribution in [3.63, 3.8) is 0 Å². The summed E-state index contributed by atoms with van der Waals surface area (Å²) in [6, 6.07) is 6.00. The van der Waals surface area contributed by atoms with Gasteiger partial charge in [0.1, 0.15) is 0 Å². The lowest BCUT2D eigenvalue weighted by Crippen LogP contribution is -2.47. The fraction of sp³-hybridized carbons (Fsp3) is 0.588. The largest absolute Gasteiger partial charge is 0.395 e. The molecule has 1 amide bonds. The van der Waals surface area contributed by atoms with Crippen LogP contribution in [-0.4, -0.2) is 66.7 Å². The molecule has 0 aliphatic carbocycles. The van der Waals surface area contributed by atoms with Crippen LogP contribution in [0.25, 0.3) is 0 Å². The molecule has 0 saturated carbocycles. The van der Waals surface area contributed by atoms with Gasteiger partial charge in [0.25, 0.3) is 0 Å². The summed E-state index contributed by atoms with van der Waals surface area (Å²) in [7, 11) is 0. The van der Waals surface area contributed by atoms with Crippen LogP contribution in [0.1, 0.15) is 17.5 Å². The van der Waals surface area contributed by atoms with E-state index in [9.17, 15) is 4.79 Å². The van der Waals surface area contributed by atoms with E-state index in [2.05, 4.69) is 29.0 Å². The third-order valence-corrected chi connectivity index (χ3v) is 4.33. The van der Waals surface area contributed by atoms with Crippen molar-refractivity contribution in [2.75, 3.05) is 51.2 Å². The van der Waals surface area contributed by atoms with Gasteiger partial charge in [0, 0.05) is 51.4 Å². The Morgan fingerprint density at radius 3 is 2.32 bits per heavy atom. The van der Waals surface area contributed by atoms with Gasteiger partial charge in [-0.15, -0.1) is 0 Å². The Kier molecular flexibility index (Phi) is 6.36. The first-order valence-electron chi connectivity index (χ1n) is 8.01.